The van der Waals surface area contributed by atoms with Crippen LogP contribution in [-0.2, 0) is 9.53 Å². The number of anilines is 2. The van der Waals surface area contributed by atoms with Gasteiger partial charge < -0.3 is 24.8 Å². The highest BCUT2D eigenvalue weighted by Crippen LogP contribution is 2.35. The number of nitrogens with one attached hydrogen (secondary N) is 2. The maximum Gasteiger partial charge on any atom is 0.300 e. The summed E-state index contributed by atoms with van der Waals surface area (Å²) in [6.07, 6.45) is 3.83. The molecule has 2 amide bonds. The van der Waals surface area contributed by atoms with Crippen molar-refractivity contribution >= 4 is 34.2 Å². The number of nitrogens with zero attached hydrogens (tertiary/aromatic N) is 3. The number of amides is 2. The molecule has 2 aromatic carbocycles. The average molecular weight is 552 g/mol. The van der Waals surface area contributed by atoms with Gasteiger partial charge in [0, 0.05) is 55.5 Å². The Labute approximate surface area is 237 Å². The number of methoxy groups -OCH3 is 1. The van der Waals surface area contributed by atoms with E-state index in [0.29, 0.717) is 51.6 Å². The lowest BCUT2D eigenvalue weighted by Crippen LogP contribution is -2.36. The van der Waals surface area contributed by atoms with Gasteiger partial charge in [0.2, 0.25) is 0 Å². The van der Waals surface area contributed by atoms with Crippen LogP contribution in [0.25, 0.3) is 10.9 Å². The molecule has 2 N–H and O–H groups in total. The fourth-order valence-corrected chi connectivity index (χ4v) is 4.27. The van der Waals surface area contributed by atoms with Crippen molar-refractivity contribution in [2.45, 2.75) is 6.42 Å². The molecule has 10 nitrogen and oxygen atoms in total. The Morgan fingerprint density at radius 3 is 2.56 bits per heavy atom. The molecule has 0 unspecified atom stereocenters. The number of morpholine rings is 1. The maximum absolute atomic E-state index is 12.6. The average Bonchev–Trinajstić information content (AvgIpc) is 3.00. The second-order valence-corrected chi connectivity index (χ2v) is 9.13. The molecule has 41 heavy (non-hydrogen) atoms. The molecule has 1 aliphatic rings. The fourth-order valence-electron chi connectivity index (χ4n) is 4.27. The van der Waals surface area contributed by atoms with E-state index in [0.717, 1.165) is 32.8 Å². The molecule has 3 heterocycles. The third-order valence-corrected chi connectivity index (χ3v) is 6.38. The molecule has 1 saturated heterocycles. The van der Waals surface area contributed by atoms with Crippen LogP contribution in [0.5, 0.6) is 17.2 Å². The lowest BCUT2D eigenvalue weighted by molar-refractivity contribution is -0.111. The van der Waals surface area contributed by atoms with Gasteiger partial charge in [0.25, 0.3) is 11.8 Å². The zero-order chi connectivity index (χ0) is 28.4. The number of benzene rings is 2. The van der Waals surface area contributed by atoms with Crippen molar-refractivity contribution in [1.82, 2.24) is 14.9 Å². The minimum absolute atomic E-state index is 0.277. The monoisotopic (exact) mass is 551 g/mol. The lowest BCUT2D eigenvalue weighted by atomic mass is 10.1. The summed E-state index contributed by atoms with van der Waals surface area (Å²) in [7, 11) is 1.52. The summed E-state index contributed by atoms with van der Waals surface area (Å²) in [5.41, 5.74) is 1.54. The van der Waals surface area contributed by atoms with Crippen LogP contribution in [0.4, 0.5) is 11.5 Å². The molecule has 1 fully saturated rings. The normalized spacial score (nSPS) is 13.1. The van der Waals surface area contributed by atoms with E-state index in [1.54, 1.807) is 73.1 Å². The van der Waals surface area contributed by atoms with Crippen molar-refractivity contribution in [3.8, 4) is 29.1 Å². The quantitative estimate of drug-likeness (QED) is 0.311. The Morgan fingerprint density at radius 2 is 1.80 bits per heavy atom. The van der Waals surface area contributed by atoms with Gasteiger partial charge >= 0.3 is 0 Å². The minimum atomic E-state index is -0.435. The SMILES string of the molecule is COc1cc2nccc(Oc3ccc(C(=O)Nc4ccccn4)cc3)c2cc1NC(=O)C#CCCN1CCOCC1. The van der Waals surface area contributed by atoms with Crippen molar-refractivity contribution in [2.24, 2.45) is 0 Å². The molecular formula is C31H29N5O5. The first-order chi connectivity index (χ1) is 20.1. The topological polar surface area (TPSA) is 115 Å². The van der Waals surface area contributed by atoms with E-state index < -0.39 is 5.91 Å². The fraction of sp³-hybridized carbons (Fsp3) is 0.226. The van der Waals surface area contributed by atoms with E-state index in [1.807, 2.05) is 0 Å². The molecule has 2 aromatic heterocycles. The second kappa shape index (κ2) is 13.4. The van der Waals surface area contributed by atoms with Crippen molar-refractivity contribution < 1.29 is 23.8 Å². The van der Waals surface area contributed by atoms with Crippen LogP contribution in [0.3, 0.4) is 0 Å². The highest BCUT2D eigenvalue weighted by Gasteiger charge is 2.14. The summed E-state index contributed by atoms with van der Waals surface area (Å²) in [5.74, 6) is 6.86. The molecule has 0 radical (unpaired) electrons. The summed E-state index contributed by atoms with van der Waals surface area (Å²) in [6.45, 7) is 4.01. The number of hydrogen-bond acceptors (Lipinski definition) is 8. The first-order valence-electron chi connectivity index (χ1n) is 13.2. The first-order valence-corrected chi connectivity index (χ1v) is 13.2. The van der Waals surface area contributed by atoms with Gasteiger partial charge in [0.05, 0.1) is 31.5 Å². The summed E-state index contributed by atoms with van der Waals surface area (Å²) < 4.78 is 17.0. The number of fused-ring (bicyclic) bond motifs is 1. The highest BCUT2D eigenvalue weighted by atomic mass is 16.5. The molecular weight excluding hydrogens is 522 g/mol. The van der Waals surface area contributed by atoms with E-state index >= 15 is 0 Å². The number of carbonyl (C=O) groups is 2. The Balaban J connectivity index is 1.27. The summed E-state index contributed by atoms with van der Waals surface area (Å²) >= 11 is 0. The van der Waals surface area contributed by atoms with E-state index in [-0.39, 0.29) is 5.91 Å². The van der Waals surface area contributed by atoms with Gasteiger partial charge in [-0.25, -0.2) is 4.98 Å². The van der Waals surface area contributed by atoms with Crippen LogP contribution in [0.15, 0.2) is 73.1 Å². The predicted molar refractivity (Wildman–Crippen MR) is 155 cm³/mol. The zero-order valence-electron chi connectivity index (χ0n) is 22.6. The van der Waals surface area contributed by atoms with Crippen molar-refractivity contribution in [3.05, 3.63) is 78.6 Å². The van der Waals surface area contributed by atoms with Crippen molar-refractivity contribution in [2.75, 3.05) is 50.6 Å². The number of rotatable bonds is 8. The molecule has 4 aromatic rings. The van der Waals surface area contributed by atoms with Gasteiger partial charge in [0.15, 0.2) is 0 Å². The summed E-state index contributed by atoms with van der Waals surface area (Å²) in [4.78, 5) is 35.9. The Morgan fingerprint density at radius 1 is 0.976 bits per heavy atom. The standard InChI is InChI=1S/C31H29N5O5/c1-39-28-21-25-24(20-26(28)34-30(37)7-3-5-15-36-16-18-40-19-17-36)27(12-14-32-25)41-23-10-8-22(9-11-23)31(38)35-29-6-2-4-13-33-29/h2,4,6,8-14,20-21H,5,15-19H2,1H3,(H,34,37)(H,33,35,38). The largest absolute Gasteiger partial charge is 0.494 e. The number of hydrogen-bond donors (Lipinski definition) is 2. The van der Waals surface area contributed by atoms with Crippen LogP contribution in [0, 0.1) is 11.8 Å². The molecule has 0 bridgehead atoms. The van der Waals surface area contributed by atoms with Gasteiger partial charge in [-0.15, -0.1) is 0 Å². The third-order valence-electron chi connectivity index (χ3n) is 6.38. The second-order valence-electron chi connectivity index (χ2n) is 9.13. The lowest BCUT2D eigenvalue weighted by Gasteiger charge is -2.25. The molecule has 0 aliphatic carbocycles. The van der Waals surface area contributed by atoms with Gasteiger partial charge in [-0.05, 0) is 54.5 Å². The molecule has 0 saturated carbocycles. The minimum Gasteiger partial charge on any atom is -0.494 e. The van der Waals surface area contributed by atoms with E-state index in [4.69, 9.17) is 14.2 Å². The maximum atomic E-state index is 12.6. The molecule has 0 atom stereocenters. The van der Waals surface area contributed by atoms with E-state index in [2.05, 4.69) is 37.3 Å². The Bertz CT molecular complexity index is 1580. The smallest absolute Gasteiger partial charge is 0.300 e. The van der Waals surface area contributed by atoms with Crippen LogP contribution in [0.1, 0.15) is 16.8 Å². The van der Waals surface area contributed by atoms with Crippen LogP contribution >= 0.6 is 0 Å². The zero-order valence-corrected chi connectivity index (χ0v) is 22.6. The van der Waals surface area contributed by atoms with Crippen molar-refractivity contribution in [3.63, 3.8) is 0 Å². The third kappa shape index (κ3) is 7.36. The number of carbonyl (C=O) groups excluding carboxylic acids is 2. The van der Waals surface area contributed by atoms with Crippen LogP contribution in [-0.4, -0.2) is 66.6 Å². The van der Waals surface area contributed by atoms with Gasteiger partial charge in [-0.3, -0.25) is 19.5 Å². The van der Waals surface area contributed by atoms with Gasteiger partial charge in [0.1, 0.15) is 23.1 Å². The van der Waals surface area contributed by atoms with Crippen molar-refractivity contribution in [1.29, 1.82) is 0 Å². The molecule has 10 heteroatoms. The number of ether oxygens (including phenoxy) is 3. The predicted octanol–water partition coefficient (Wildman–Crippen LogP) is 4.35. The summed E-state index contributed by atoms with van der Waals surface area (Å²) in [5, 5.41) is 6.24. The van der Waals surface area contributed by atoms with Crippen LogP contribution < -0.4 is 20.1 Å². The van der Waals surface area contributed by atoms with E-state index in [1.165, 1.54) is 7.11 Å². The van der Waals surface area contributed by atoms with E-state index in [9.17, 15) is 9.59 Å². The number of aromatic nitrogens is 2. The van der Waals surface area contributed by atoms with Crippen LogP contribution in [0.2, 0.25) is 0 Å². The Kier molecular flexibility index (Phi) is 9.01. The summed E-state index contributed by atoms with van der Waals surface area (Å²) in [6, 6.07) is 17.3. The molecule has 208 valence electrons. The molecule has 0 spiro atoms. The van der Waals surface area contributed by atoms with Gasteiger partial charge in [-0.2, -0.15) is 0 Å². The Hall–Kier alpha value is -4.98. The highest BCUT2D eigenvalue weighted by molar-refractivity contribution is 6.06. The number of pyridine rings is 2. The first kappa shape index (κ1) is 27.6. The molecule has 1 aliphatic heterocycles. The van der Waals surface area contributed by atoms with Gasteiger partial charge in [-0.1, -0.05) is 12.0 Å². The molecule has 5 rings (SSSR count).